The van der Waals surface area contributed by atoms with Gasteiger partial charge in [-0.15, -0.1) is 0 Å². The first-order valence-corrected chi connectivity index (χ1v) is 7.43. The first kappa shape index (κ1) is 12.2. The zero-order valence-electron chi connectivity index (χ0n) is 10.6. The number of fused-ring (bicyclic) bond motifs is 1. The highest BCUT2D eigenvalue weighted by Gasteiger charge is 2.23. The predicted octanol–water partition coefficient (Wildman–Crippen LogP) is 3.30. The number of hydrogen-bond donors (Lipinski definition) is 0. The molecule has 96 valence electrons. The third kappa shape index (κ3) is 2.08. The average molecular weight is 308 g/mol. The van der Waals surface area contributed by atoms with Crippen molar-refractivity contribution in [2.24, 2.45) is 0 Å². The molecule has 0 spiro atoms. The first-order chi connectivity index (χ1) is 8.79. The number of aromatic nitrogens is 2. The fraction of sp³-hybridized carbons (Fsp3) is 0.500. The van der Waals surface area contributed by atoms with Crippen LogP contribution in [0.2, 0.25) is 0 Å². The van der Waals surface area contributed by atoms with Gasteiger partial charge in [-0.25, -0.2) is 4.98 Å². The van der Waals surface area contributed by atoms with Crippen LogP contribution < -0.4 is 0 Å². The van der Waals surface area contributed by atoms with E-state index < -0.39 is 0 Å². The Morgan fingerprint density at radius 3 is 2.83 bits per heavy atom. The Hall–Kier alpha value is -0.870. The van der Waals surface area contributed by atoms with Gasteiger partial charge in [0.25, 0.3) is 0 Å². The van der Waals surface area contributed by atoms with Crippen molar-refractivity contribution >= 4 is 21.4 Å². The largest absolute Gasteiger partial charge is 0.304 e. The van der Waals surface area contributed by atoms with Crippen LogP contribution in [0.25, 0.3) is 5.52 Å². The lowest BCUT2D eigenvalue weighted by Gasteiger charge is -2.30. The minimum atomic E-state index is 0.592. The summed E-state index contributed by atoms with van der Waals surface area (Å²) in [4.78, 5) is 7.24. The van der Waals surface area contributed by atoms with Gasteiger partial charge in [0.15, 0.2) is 0 Å². The van der Waals surface area contributed by atoms with E-state index >= 15 is 0 Å². The maximum absolute atomic E-state index is 4.73. The van der Waals surface area contributed by atoms with Gasteiger partial charge in [-0.05, 0) is 60.5 Å². The molecule has 2 aromatic heterocycles. The Bertz CT molecular complexity index is 541. The van der Waals surface area contributed by atoms with Crippen molar-refractivity contribution in [1.82, 2.24) is 14.3 Å². The molecule has 0 bridgehead atoms. The van der Waals surface area contributed by atoms with Crippen molar-refractivity contribution in [2.75, 3.05) is 19.6 Å². The van der Waals surface area contributed by atoms with Crippen LogP contribution >= 0.6 is 15.9 Å². The quantitative estimate of drug-likeness (QED) is 0.848. The number of imidazole rings is 1. The molecule has 3 heterocycles. The molecule has 18 heavy (non-hydrogen) atoms. The molecule has 0 aromatic carbocycles. The average Bonchev–Trinajstić information content (AvgIpc) is 2.77. The number of halogens is 1. The SMILES string of the molecule is CCN1CCC(c2nc(Br)c3ccccn23)CC1. The van der Waals surface area contributed by atoms with Crippen LogP contribution in [0.3, 0.4) is 0 Å². The van der Waals surface area contributed by atoms with Gasteiger partial charge in [-0.3, -0.25) is 0 Å². The van der Waals surface area contributed by atoms with Gasteiger partial charge in [0.1, 0.15) is 10.4 Å². The predicted molar refractivity (Wildman–Crippen MR) is 77.0 cm³/mol. The molecule has 0 radical (unpaired) electrons. The summed E-state index contributed by atoms with van der Waals surface area (Å²) in [5, 5.41) is 0. The second-order valence-corrected chi connectivity index (χ2v) is 5.68. The van der Waals surface area contributed by atoms with E-state index in [0.29, 0.717) is 5.92 Å². The molecule has 3 rings (SSSR count). The van der Waals surface area contributed by atoms with Crippen molar-refractivity contribution in [3.8, 4) is 0 Å². The number of piperidine rings is 1. The van der Waals surface area contributed by atoms with Crippen LogP contribution in [0.4, 0.5) is 0 Å². The summed E-state index contributed by atoms with van der Waals surface area (Å²) in [6, 6.07) is 6.25. The van der Waals surface area contributed by atoms with E-state index in [4.69, 9.17) is 4.98 Å². The Morgan fingerprint density at radius 1 is 1.33 bits per heavy atom. The van der Waals surface area contributed by atoms with E-state index in [1.807, 2.05) is 0 Å². The molecule has 0 unspecified atom stereocenters. The molecule has 0 saturated carbocycles. The fourth-order valence-electron chi connectivity index (χ4n) is 2.82. The summed E-state index contributed by atoms with van der Waals surface area (Å²) in [6.07, 6.45) is 4.55. The summed E-state index contributed by atoms with van der Waals surface area (Å²) < 4.78 is 3.20. The van der Waals surface area contributed by atoms with Crippen molar-refractivity contribution in [1.29, 1.82) is 0 Å². The molecule has 0 amide bonds. The van der Waals surface area contributed by atoms with Gasteiger partial charge in [0, 0.05) is 12.1 Å². The van der Waals surface area contributed by atoms with Gasteiger partial charge in [-0.1, -0.05) is 13.0 Å². The van der Waals surface area contributed by atoms with Crippen LogP contribution in [0, 0.1) is 0 Å². The monoisotopic (exact) mass is 307 g/mol. The molecule has 1 saturated heterocycles. The lowest BCUT2D eigenvalue weighted by atomic mass is 9.96. The zero-order valence-corrected chi connectivity index (χ0v) is 12.2. The molecule has 0 N–H and O–H groups in total. The highest BCUT2D eigenvalue weighted by Crippen LogP contribution is 2.30. The third-order valence-corrected chi connectivity index (χ3v) is 4.51. The molecule has 1 aliphatic heterocycles. The second-order valence-electron chi connectivity index (χ2n) is 4.93. The smallest absolute Gasteiger partial charge is 0.132 e. The van der Waals surface area contributed by atoms with Crippen molar-refractivity contribution in [3.63, 3.8) is 0 Å². The number of nitrogens with zero attached hydrogens (tertiary/aromatic N) is 3. The fourth-order valence-corrected chi connectivity index (χ4v) is 3.32. The van der Waals surface area contributed by atoms with Crippen LogP contribution in [0.1, 0.15) is 31.5 Å². The normalized spacial score (nSPS) is 18.6. The molecule has 0 atom stereocenters. The highest BCUT2D eigenvalue weighted by atomic mass is 79.9. The van der Waals surface area contributed by atoms with Crippen molar-refractivity contribution < 1.29 is 0 Å². The van der Waals surface area contributed by atoms with E-state index in [1.165, 1.54) is 43.8 Å². The Kier molecular flexibility index (Phi) is 3.39. The lowest BCUT2D eigenvalue weighted by Crippen LogP contribution is -2.33. The minimum Gasteiger partial charge on any atom is -0.304 e. The topological polar surface area (TPSA) is 20.5 Å². The molecule has 1 aliphatic rings. The standard InChI is InChI=1S/C14H18BrN3/c1-2-17-9-6-11(7-10-17)14-16-13(15)12-5-3-4-8-18(12)14/h3-5,8,11H,2,6-7,9-10H2,1H3. The molecule has 1 fully saturated rings. The third-order valence-electron chi connectivity index (χ3n) is 3.93. The molecule has 0 aliphatic carbocycles. The molecular weight excluding hydrogens is 290 g/mol. The van der Waals surface area contributed by atoms with Crippen LogP contribution in [0.15, 0.2) is 29.0 Å². The lowest BCUT2D eigenvalue weighted by molar-refractivity contribution is 0.219. The number of likely N-dealkylation sites (tertiary alicyclic amines) is 1. The van der Waals surface area contributed by atoms with Crippen LogP contribution in [-0.2, 0) is 0 Å². The van der Waals surface area contributed by atoms with E-state index in [0.717, 1.165) is 4.60 Å². The zero-order chi connectivity index (χ0) is 12.5. The maximum atomic E-state index is 4.73. The van der Waals surface area contributed by atoms with Crippen molar-refractivity contribution in [2.45, 2.75) is 25.7 Å². The summed E-state index contributed by atoms with van der Waals surface area (Å²) in [5.41, 5.74) is 1.17. The minimum absolute atomic E-state index is 0.592. The van der Waals surface area contributed by atoms with Gasteiger partial charge < -0.3 is 9.30 Å². The van der Waals surface area contributed by atoms with Gasteiger partial charge in [-0.2, -0.15) is 0 Å². The van der Waals surface area contributed by atoms with Crippen LogP contribution in [0.5, 0.6) is 0 Å². The summed E-state index contributed by atoms with van der Waals surface area (Å²) in [6.45, 7) is 5.79. The van der Waals surface area contributed by atoms with E-state index in [2.05, 4.69) is 56.6 Å². The van der Waals surface area contributed by atoms with Crippen molar-refractivity contribution in [3.05, 3.63) is 34.8 Å². The van der Waals surface area contributed by atoms with E-state index in [-0.39, 0.29) is 0 Å². The highest BCUT2D eigenvalue weighted by molar-refractivity contribution is 9.10. The van der Waals surface area contributed by atoms with Gasteiger partial charge in [0.05, 0.1) is 5.52 Å². The van der Waals surface area contributed by atoms with Gasteiger partial charge >= 0.3 is 0 Å². The molecule has 3 nitrogen and oxygen atoms in total. The van der Waals surface area contributed by atoms with Crippen LogP contribution in [-0.4, -0.2) is 33.9 Å². The maximum Gasteiger partial charge on any atom is 0.132 e. The number of rotatable bonds is 2. The van der Waals surface area contributed by atoms with E-state index in [9.17, 15) is 0 Å². The number of hydrogen-bond acceptors (Lipinski definition) is 2. The Morgan fingerprint density at radius 2 is 2.11 bits per heavy atom. The Balaban J connectivity index is 1.91. The summed E-state index contributed by atoms with van der Waals surface area (Å²) in [7, 11) is 0. The van der Waals surface area contributed by atoms with E-state index in [1.54, 1.807) is 0 Å². The summed E-state index contributed by atoms with van der Waals surface area (Å²) >= 11 is 3.57. The second kappa shape index (κ2) is 5.02. The summed E-state index contributed by atoms with van der Waals surface area (Å²) in [5.74, 6) is 1.81. The molecule has 2 aromatic rings. The van der Waals surface area contributed by atoms with Gasteiger partial charge in [0.2, 0.25) is 0 Å². The first-order valence-electron chi connectivity index (χ1n) is 6.64. The number of pyridine rings is 1. The molecule has 4 heteroatoms. The Labute approximate surface area is 116 Å². The molecular formula is C14H18BrN3.